The molecular formula is C19H21N3OS. The summed E-state index contributed by atoms with van der Waals surface area (Å²) in [6.45, 7) is 6.74. The summed E-state index contributed by atoms with van der Waals surface area (Å²) < 4.78 is 6.05. The molecule has 0 N–H and O–H groups in total. The molecule has 1 atom stereocenters. The first-order valence-corrected chi connectivity index (χ1v) is 9.23. The molecule has 2 aromatic heterocycles. The van der Waals surface area contributed by atoms with Gasteiger partial charge in [0.1, 0.15) is 23.1 Å². The minimum Gasteiger partial charge on any atom is -0.370 e. The molecule has 5 heteroatoms. The van der Waals surface area contributed by atoms with E-state index >= 15 is 0 Å². The van der Waals surface area contributed by atoms with Crippen LogP contribution in [0.3, 0.4) is 0 Å². The van der Waals surface area contributed by atoms with Crippen LogP contribution < -0.4 is 4.90 Å². The van der Waals surface area contributed by atoms with E-state index in [0.717, 1.165) is 36.8 Å². The van der Waals surface area contributed by atoms with E-state index in [1.165, 1.54) is 21.4 Å². The van der Waals surface area contributed by atoms with Crippen molar-refractivity contribution < 1.29 is 4.74 Å². The highest BCUT2D eigenvalue weighted by atomic mass is 32.1. The topological polar surface area (TPSA) is 38.2 Å². The summed E-state index contributed by atoms with van der Waals surface area (Å²) in [5, 5.41) is 1.17. The van der Waals surface area contributed by atoms with Crippen LogP contribution in [0.4, 0.5) is 5.82 Å². The first-order chi connectivity index (χ1) is 11.8. The summed E-state index contributed by atoms with van der Waals surface area (Å²) in [4.78, 5) is 13.8. The fraction of sp³-hybridized carbons (Fsp3) is 0.368. The fourth-order valence-corrected chi connectivity index (χ4v) is 4.23. The van der Waals surface area contributed by atoms with Gasteiger partial charge in [0, 0.05) is 18.0 Å². The van der Waals surface area contributed by atoms with Crippen molar-refractivity contribution in [2.45, 2.75) is 26.4 Å². The van der Waals surface area contributed by atoms with Gasteiger partial charge in [-0.05, 0) is 30.5 Å². The lowest BCUT2D eigenvalue weighted by molar-refractivity contribution is 0.0392. The number of rotatable bonds is 3. The van der Waals surface area contributed by atoms with Gasteiger partial charge in [-0.3, -0.25) is 0 Å². The van der Waals surface area contributed by atoms with Gasteiger partial charge < -0.3 is 9.64 Å². The zero-order valence-corrected chi connectivity index (χ0v) is 14.8. The van der Waals surface area contributed by atoms with Gasteiger partial charge in [-0.25, -0.2) is 9.97 Å². The smallest absolute Gasteiger partial charge is 0.140 e. The van der Waals surface area contributed by atoms with Gasteiger partial charge in [-0.15, -0.1) is 11.3 Å². The molecule has 4 nitrogen and oxygen atoms in total. The number of aromatic nitrogens is 2. The molecule has 0 aliphatic carbocycles. The number of nitrogens with zero attached hydrogens (tertiary/aromatic N) is 3. The first-order valence-electron chi connectivity index (χ1n) is 8.41. The van der Waals surface area contributed by atoms with Crippen molar-refractivity contribution in [3.05, 3.63) is 52.7 Å². The zero-order valence-electron chi connectivity index (χ0n) is 14.0. The molecular weight excluding hydrogens is 318 g/mol. The molecule has 1 aliphatic heterocycles. The van der Waals surface area contributed by atoms with E-state index in [4.69, 9.17) is 4.74 Å². The molecule has 0 saturated carbocycles. The van der Waals surface area contributed by atoms with Gasteiger partial charge in [0.15, 0.2) is 0 Å². The minimum atomic E-state index is 0.0919. The largest absolute Gasteiger partial charge is 0.370 e. The maximum atomic E-state index is 6.05. The summed E-state index contributed by atoms with van der Waals surface area (Å²) in [7, 11) is 0. The van der Waals surface area contributed by atoms with Crippen LogP contribution >= 0.6 is 11.3 Å². The number of benzene rings is 1. The number of aryl methyl sites for hydroxylation is 2. The highest BCUT2D eigenvalue weighted by Gasteiger charge is 2.25. The normalized spacial score (nSPS) is 18.2. The Bertz CT molecular complexity index is 861. The molecule has 0 radical (unpaired) electrons. The second-order valence-corrected chi connectivity index (χ2v) is 7.26. The minimum absolute atomic E-state index is 0.0919. The predicted molar refractivity (Wildman–Crippen MR) is 98.9 cm³/mol. The van der Waals surface area contributed by atoms with E-state index < -0.39 is 0 Å². The SMILES string of the molecule is CCc1cc2c(N3CCOC(c4ccccc4C)C3)ncnc2s1. The van der Waals surface area contributed by atoms with Crippen LogP contribution in [-0.2, 0) is 11.2 Å². The van der Waals surface area contributed by atoms with E-state index in [9.17, 15) is 0 Å². The van der Waals surface area contributed by atoms with E-state index in [1.807, 2.05) is 0 Å². The Kier molecular flexibility index (Phi) is 4.21. The molecule has 1 aliphatic rings. The van der Waals surface area contributed by atoms with E-state index in [-0.39, 0.29) is 6.10 Å². The number of hydrogen-bond acceptors (Lipinski definition) is 5. The average Bonchev–Trinajstić information content (AvgIpc) is 3.05. The predicted octanol–water partition coefficient (Wildman–Crippen LogP) is 4.14. The Hall–Kier alpha value is -1.98. The van der Waals surface area contributed by atoms with Gasteiger partial charge in [0.05, 0.1) is 12.0 Å². The third-order valence-corrected chi connectivity index (χ3v) is 5.80. The maximum absolute atomic E-state index is 6.05. The molecule has 0 amide bonds. The lowest BCUT2D eigenvalue weighted by Gasteiger charge is -2.34. The third-order valence-electron chi connectivity index (χ3n) is 4.61. The number of anilines is 1. The molecule has 4 rings (SSSR count). The molecule has 1 fully saturated rings. The molecule has 3 heterocycles. The van der Waals surface area contributed by atoms with Crippen molar-refractivity contribution in [2.75, 3.05) is 24.6 Å². The lowest BCUT2D eigenvalue weighted by Crippen LogP contribution is -2.39. The summed E-state index contributed by atoms with van der Waals surface area (Å²) in [6, 6.07) is 10.7. The summed E-state index contributed by atoms with van der Waals surface area (Å²) in [5.74, 6) is 1.04. The monoisotopic (exact) mass is 339 g/mol. The van der Waals surface area contributed by atoms with E-state index in [0.29, 0.717) is 0 Å². The Balaban J connectivity index is 1.67. The Morgan fingerprint density at radius 3 is 3.00 bits per heavy atom. The highest BCUT2D eigenvalue weighted by molar-refractivity contribution is 7.18. The Morgan fingerprint density at radius 1 is 1.29 bits per heavy atom. The molecule has 1 unspecified atom stereocenters. The summed E-state index contributed by atoms with van der Waals surface area (Å²) >= 11 is 1.77. The Morgan fingerprint density at radius 2 is 2.17 bits per heavy atom. The molecule has 3 aromatic rings. The highest BCUT2D eigenvalue weighted by Crippen LogP contribution is 2.33. The molecule has 1 aromatic carbocycles. The number of morpholine rings is 1. The quantitative estimate of drug-likeness (QED) is 0.719. The van der Waals surface area contributed by atoms with Crippen LogP contribution in [0.2, 0.25) is 0 Å². The fourth-order valence-electron chi connectivity index (χ4n) is 3.30. The molecule has 124 valence electrons. The average molecular weight is 339 g/mol. The van der Waals surface area contributed by atoms with Crippen molar-refractivity contribution in [1.82, 2.24) is 9.97 Å². The Labute approximate surface area is 146 Å². The van der Waals surface area contributed by atoms with Crippen LogP contribution in [0.25, 0.3) is 10.2 Å². The van der Waals surface area contributed by atoms with Crippen LogP contribution in [-0.4, -0.2) is 29.7 Å². The van der Waals surface area contributed by atoms with Gasteiger partial charge in [-0.2, -0.15) is 0 Å². The van der Waals surface area contributed by atoms with Gasteiger partial charge in [0.2, 0.25) is 0 Å². The maximum Gasteiger partial charge on any atom is 0.140 e. The van der Waals surface area contributed by atoms with Gasteiger partial charge in [-0.1, -0.05) is 31.2 Å². The molecule has 1 saturated heterocycles. The van der Waals surface area contributed by atoms with Crippen molar-refractivity contribution in [1.29, 1.82) is 0 Å². The van der Waals surface area contributed by atoms with E-state index in [2.05, 4.69) is 59.0 Å². The van der Waals surface area contributed by atoms with Crippen LogP contribution in [0.1, 0.15) is 29.0 Å². The number of ether oxygens (including phenoxy) is 1. The number of hydrogen-bond donors (Lipinski definition) is 0. The summed E-state index contributed by atoms with van der Waals surface area (Å²) in [5.41, 5.74) is 2.55. The molecule has 0 spiro atoms. The number of fused-ring (bicyclic) bond motifs is 1. The van der Waals surface area contributed by atoms with Crippen LogP contribution in [0, 0.1) is 6.92 Å². The van der Waals surface area contributed by atoms with Gasteiger partial charge >= 0.3 is 0 Å². The second-order valence-electron chi connectivity index (χ2n) is 6.14. The summed E-state index contributed by atoms with van der Waals surface area (Å²) in [6.07, 6.45) is 2.82. The van der Waals surface area contributed by atoms with Crippen molar-refractivity contribution >= 4 is 27.4 Å². The van der Waals surface area contributed by atoms with Crippen LogP contribution in [0.15, 0.2) is 36.7 Å². The first kappa shape index (κ1) is 15.5. The lowest BCUT2D eigenvalue weighted by atomic mass is 10.0. The zero-order chi connectivity index (χ0) is 16.5. The second kappa shape index (κ2) is 6.49. The molecule has 0 bridgehead atoms. The van der Waals surface area contributed by atoms with Crippen molar-refractivity contribution in [3.63, 3.8) is 0 Å². The number of thiophene rings is 1. The van der Waals surface area contributed by atoms with E-state index in [1.54, 1.807) is 17.7 Å². The standard InChI is InChI=1S/C19H21N3OS/c1-3-14-10-16-18(20-12-21-19(16)24-14)22-8-9-23-17(11-22)15-7-5-4-6-13(15)2/h4-7,10,12,17H,3,8-9,11H2,1-2H3. The van der Waals surface area contributed by atoms with Crippen molar-refractivity contribution in [2.24, 2.45) is 0 Å². The third kappa shape index (κ3) is 2.78. The van der Waals surface area contributed by atoms with Crippen LogP contribution in [0.5, 0.6) is 0 Å². The van der Waals surface area contributed by atoms with Gasteiger partial charge in [0.25, 0.3) is 0 Å². The molecule has 24 heavy (non-hydrogen) atoms. The van der Waals surface area contributed by atoms with Crippen molar-refractivity contribution in [3.8, 4) is 0 Å².